The molecule has 0 fully saturated rings. The Bertz CT molecular complexity index is 149. The Morgan fingerprint density at radius 1 is 1.27 bits per heavy atom. The van der Waals surface area contributed by atoms with Crippen LogP contribution in [0.4, 0.5) is 0 Å². The summed E-state index contributed by atoms with van der Waals surface area (Å²) in [5.41, 5.74) is 6.77. The van der Waals surface area contributed by atoms with Crippen LogP contribution >= 0.6 is 0 Å². The van der Waals surface area contributed by atoms with Gasteiger partial charge in [0.1, 0.15) is 0 Å². The van der Waals surface area contributed by atoms with Crippen LogP contribution < -0.4 is 11.9 Å². The summed E-state index contributed by atoms with van der Waals surface area (Å²) in [4.78, 5) is 0. The van der Waals surface area contributed by atoms with E-state index < -0.39 is 0 Å². The van der Waals surface area contributed by atoms with Crippen molar-refractivity contribution < 1.29 is 0 Å². The van der Waals surface area contributed by atoms with E-state index in [-0.39, 0.29) is 11.6 Å². The molecule has 0 heterocycles. The van der Waals surface area contributed by atoms with Crippen LogP contribution in [0.2, 0.25) is 0 Å². The Kier molecular flexibility index (Phi) is 5.81. The lowest BCUT2D eigenvalue weighted by atomic mass is 9.92. The highest BCUT2D eigenvalue weighted by atomic mass is 14.6. The molecule has 5 N–H and O–H groups in total. The first-order chi connectivity index (χ1) is 4.48. The predicted molar refractivity (Wildman–Crippen MR) is 51.6 cm³/mol. The summed E-state index contributed by atoms with van der Waals surface area (Å²) in [5.74, 6) is 0. The molecular formula is C9H20N2. The Morgan fingerprint density at radius 2 is 1.73 bits per heavy atom. The average Bonchev–Trinajstić information content (AvgIpc) is 1.80. The summed E-state index contributed by atoms with van der Waals surface area (Å²) < 4.78 is 0. The lowest BCUT2D eigenvalue weighted by Crippen LogP contribution is -2.16. The zero-order valence-corrected chi connectivity index (χ0v) is 8.02. The molecule has 0 amide bonds. The molecule has 0 atom stereocenters. The van der Waals surface area contributed by atoms with E-state index in [0.717, 1.165) is 5.70 Å². The quantitative estimate of drug-likeness (QED) is 0.573. The number of rotatable bonds is 1. The van der Waals surface area contributed by atoms with E-state index in [1.165, 1.54) is 0 Å². The Morgan fingerprint density at radius 3 is 2.00 bits per heavy atom. The Hall–Kier alpha value is -0.760. The fraction of sp³-hybridized carbons (Fsp3) is 0.556. The van der Waals surface area contributed by atoms with Gasteiger partial charge in [-0.25, -0.2) is 0 Å². The van der Waals surface area contributed by atoms with Gasteiger partial charge in [0, 0.05) is 11.1 Å². The first-order valence-electron chi connectivity index (χ1n) is 3.57. The smallest absolute Gasteiger partial charge is 0.0135 e. The second-order valence-corrected chi connectivity index (χ2v) is 3.40. The van der Waals surface area contributed by atoms with Gasteiger partial charge in [0.15, 0.2) is 0 Å². The normalized spacial score (nSPS) is 13.3. The van der Waals surface area contributed by atoms with Crippen LogP contribution in [0.15, 0.2) is 23.9 Å². The monoisotopic (exact) mass is 156 g/mol. The van der Waals surface area contributed by atoms with Crippen molar-refractivity contribution in [3.63, 3.8) is 0 Å². The molecule has 0 rings (SSSR count). The summed E-state index contributed by atoms with van der Waals surface area (Å²) in [7, 11) is 0. The molecule has 66 valence electrons. The van der Waals surface area contributed by atoms with Crippen LogP contribution in [-0.4, -0.2) is 0 Å². The molecule has 0 aromatic heterocycles. The van der Waals surface area contributed by atoms with Gasteiger partial charge in [-0.3, -0.25) is 0 Å². The van der Waals surface area contributed by atoms with Crippen molar-refractivity contribution in [1.29, 1.82) is 0 Å². The van der Waals surface area contributed by atoms with Crippen molar-refractivity contribution in [3.8, 4) is 0 Å². The molecule has 2 nitrogen and oxygen atoms in total. The first-order valence-corrected chi connectivity index (χ1v) is 3.57. The topological polar surface area (TPSA) is 61.0 Å². The molecule has 0 radical (unpaired) electrons. The Labute approximate surface area is 69.8 Å². The third-order valence-corrected chi connectivity index (χ3v) is 1.33. The van der Waals surface area contributed by atoms with Gasteiger partial charge < -0.3 is 11.9 Å². The highest BCUT2D eigenvalue weighted by Crippen LogP contribution is 2.19. The third-order valence-electron chi connectivity index (χ3n) is 1.33. The average molecular weight is 156 g/mol. The molecule has 0 spiro atoms. The van der Waals surface area contributed by atoms with Crippen molar-refractivity contribution in [2.45, 2.75) is 27.7 Å². The molecule has 0 saturated heterocycles. The van der Waals surface area contributed by atoms with Gasteiger partial charge in [-0.05, 0) is 13.0 Å². The second-order valence-electron chi connectivity index (χ2n) is 3.40. The van der Waals surface area contributed by atoms with Crippen LogP contribution in [0.5, 0.6) is 0 Å². The summed E-state index contributed by atoms with van der Waals surface area (Å²) >= 11 is 0. The largest absolute Gasteiger partial charge is 0.402 e. The minimum Gasteiger partial charge on any atom is -0.402 e. The SMILES string of the molecule is C/C=C/C=C(\N)C(C)(C)C.N. The molecule has 0 aliphatic heterocycles. The van der Waals surface area contributed by atoms with Crippen LogP contribution in [0.3, 0.4) is 0 Å². The van der Waals surface area contributed by atoms with E-state index in [9.17, 15) is 0 Å². The highest BCUT2D eigenvalue weighted by molar-refractivity contribution is 5.14. The van der Waals surface area contributed by atoms with Crippen molar-refractivity contribution in [2.24, 2.45) is 11.1 Å². The molecular weight excluding hydrogens is 136 g/mol. The minimum absolute atomic E-state index is 0. The van der Waals surface area contributed by atoms with Gasteiger partial charge in [-0.1, -0.05) is 32.9 Å². The van der Waals surface area contributed by atoms with Gasteiger partial charge in [0.25, 0.3) is 0 Å². The molecule has 0 bridgehead atoms. The molecule has 0 aliphatic carbocycles. The van der Waals surface area contributed by atoms with Gasteiger partial charge >= 0.3 is 0 Å². The zero-order valence-electron chi connectivity index (χ0n) is 8.02. The molecule has 0 aromatic rings. The van der Waals surface area contributed by atoms with E-state index in [2.05, 4.69) is 20.8 Å². The third kappa shape index (κ3) is 5.67. The first kappa shape index (κ1) is 12.9. The van der Waals surface area contributed by atoms with Crippen LogP contribution in [0.1, 0.15) is 27.7 Å². The maximum absolute atomic E-state index is 5.75. The lowest BCUT2D eigenvalue weighted by Gasteiger charge is -2.17. The van der Waals surface area contributed by atoms with Crippen LogP contribution in [-0.2, 0) is 0 Å². The van der Waals surface area contributed by atoms with E-state index >= 15 is 0 Å². The minimum atomic E-state index is 0. The van der Waals surface area contributed by atoms with E-state index in [1.54, 1.807) is 0 Å². The molecule has 0 saturated carbocycles. The second kappa shape index (κ2) is 4.97. The molecule has 2 heteroatoms. The maximum Gasteiger partial charge on any atom is 0.0135 e. The summed E-state index contributed by atoms with van der Waals surface area (Å²) in [6.45, 7) is 8.28. The summed E-state index contributed by atoms with van der Waals surface area (Å²) in [6.07, 6.45) is 5.87. The van der Waals surface area contributed by atoms with Gasteiger partial charge in [-0.2, -0.15) is 0 Å². The molecule has 0 aliphatic rings. The van der Waals surface area contributed by atoms with E-state index in [4.69, 9.17) is 5.73 Å². The predicted octanol–water partition coefficient (Wildman–Crippen LogP) is 2.61. The fourth-order valence-corrected chi connectivity index (χ4v) is 0.450. The van der Waals surface area contributed by atoms with E-state index in [1.807, 2.05) is 25.2 Å². The number of hydrogen-bond donors (Lipinski definition) is 2. The standard InChI is InChI=1S/C9H17N.H3N/c1-5-6-7-8(10)9(2,3)4;/h5-7H,10H2,1-4H3;1H3/b6-5+,8-7-;. The van der Waals surface area contributed by atoms with Crippen LogP contribution in [0, 0.1) is 5.41 Å². The maximum atomic E-state index is 5.75. The number of hydrogen-bond acceptors (Lipinski definition) is 2. The number of allylic oxidation sites excluding steroid dienone is 4. The van der Waals surface area contributed by atoms with Gasteiger partial charge in [0.05, 0.1) is 0 Å². The fourth-order valence-electron chi connectivity index (χ4n) is 0.450. The van der Waals surface area contributed by atoms with Gasteiger partial charge in [-0.15, -0.1) is 0 Å². The molecule has 0 unspecified atom stereocenters. The molecule has 11 heavy (non-hydrogen) atoms. The number of nitrogens with two attached hydrogens (primary N) is 1. The highest BCUT2D eigenvalue weighted by Gasteiger charge is 2.11. The van der Waals surface area contributed by atoms with Crippen molar-refractivity contribution in [2.75, 3.05) is 0 Å². The lowest BCUT2D eigenvalue weighted by molar-refractivity contribution is 0.497. The summed E-state index contributed by atoms with van der Waals surface area (Å²) in [5, 5.41) is 0. The van der Waals surface area contributed by atoms with E-state index in [0.29, 0.717) is 0 Å². The summed E-state index contributed by atoms with van der Waals surface area (Å²) in [6, 6.07) is 0. The molecule has 0 aromatic carbocycles. The van der Waals surface area contributed by atoms with Gasteiger partial charge in [0.2, 0.25) is 0 Å². The van der Waals surface area contributed by atoms with Crippen LogP contribution in [0.25, 0.3) is 0 Å². The van der Waals surface area contributed by atoms with Crippen molar-refractivity contribution in [1.82, 2.24) is 6.15 Å². The van der Waals surface area contributed by atoms with Crippen molar-refractivity contribution in [3.05, 3.63) is 23.9 Å². The Balaban J connectivity index is 0. The zero-order chi connectivity index (χ0) is 8.20. The van der Waals surface area contributed by atoms with Crippen molar-refractivity contribution >= 4 is 0 Å².